The largest absolute Gasteiger partial charge is 0.472 e. The van der Waals surface area contributed by atoms with Crippen LogP contribution in [-0.4, -0.2) is 96.7 Å². The highest BCUT2D eigenvalue weighted by Crippen LogP contribution is 2.45. The summed E-state index contributed by atoms with van der Waals surface area (Å²) in [6.07, 6.45) is 50.2. The van der Waals surface area contributed by atoms with Gasteiger partial charge in [-0.15, -0.1) is 0 Å². The normalized spacial score (nSPS) is 14.7. The molecule has 0 bridgehead atoms. The highest BCUT2D eigenvalue weighted by Gasteiger charge is 2.30. The van der Waals surface area contributed by atoms with E-state index in [-0.39, 0.29) is 25.7 Å². The van der Waals surface area contributed by atoms with E-state index >= 15 is 0 Å². The van der Waals surface area contributed by atoms with Crippen LogP contribution >= 0.6 is 15.6 Å². The van der Waals surface area contributed by atoms with E-state index < -0.39 is 97.5 Å². The molecule has 0 aliphatic carbocycles. The van der Waals surface area contributed by atoms with Crippen molar-refractivity contribution in [2.45, 2.75) is 401 Å². The Hall–Kier alpha value is -1.94. The summed E-state index contributed by atoms with van der Waals surface area (Å²) < 4.78 is 68.4. The average Bonchev–Trinajstić information content (AvgIpc) is 2.26. The maximum Gasteiger partial charge on any atom is 0.472 e. The molecule has 0 saturated carbocycles. The maximum atomic E-state index is 13.1. The van der Waals surface area contributed by atoms with Crippen LogP contribution in [0.25, 0.3) is 0 Å². The van der Waals surface area contributed by atoms with E-state index in [1.165, 1.54) is 180 Å². The minimum Gasteiger partial charge on any atom is -0.462 e. The van der Waals surface area contributed by atoms with Crippen molar-refractivity contribution >= 4 is 39.5 Å². The number of aliphatic hydroxyl groups excluding tert-OH is 1. The van der Waals surface area contributed by atoms with Gasteiger partial charge in [-0.3, -0.25) is 37.3 Å². The summed E-state index contributed by atoms with van der Waals surface area (Å²) in [5, 5.41) is 10.6. The fourth-order valence-electron chi connectivity index (χ4n) is 11.5. The quantitative estimate of drug-likeness (QED) is 0.0222. The number of esters is 4. The van der Waals surface area contributed by atoms with Crippen molar-refractivity contribution in [1.29, 1.82) is 0 Å². The van der Waals surface area contributed by atoms with Gasteiger partial charge < -0.3 is 33.8 Å². The first-order valence-electron chi connectivity index (χ1n) is 39.3. The zero-order valence-corrected chi connectivity index (χ0v) is 64.1. The van der Waals surface area contributed by atoms with Crippen LogP contribution < -0.4 is 0 Å². The molecule has 0 aromatic heterocycles. The minimum absolute atomic E-state index is 0.103. The topological polar surface area (TPSA) is 237 Å². The second kappa shape index (κ2) is 65.4. The molecule has 564 valence electrons. The van der Waals surface area contributed by atoms with E-state index in [1.807, 2.05) is 0 Å². The predicted octanol–water partition coefficient (Wildman–Crippen LogP) is 22.0. The summed E-state index contributed by atoms with van der Waals surface area (Å²) in [5.74, 6) is 0.926. The van der Waals surface area contributed by atoms with E-state index in [1.54, 1.807) is 0 Å². The van der Waals surface area contributed by atoms with Gasteiger partial charge in [-0.25, -0.2) is 9.13 Å². The summed E-state index contributed by atoms with van der Waals surface area (Å²) in [6.45, 7) is 14.1. The minimum atomic E-state index is -4.96. The van der Waals surface area contributed by atoms with Crippen LogP contribution in [0.4, 0.5) is 0 Å². The molecule has 0 saturated heterocycles. The van der Waals surface area contributed by atoms with Crippen molar-refractivity contribution in [3.8, 4) is 0 Å². The summed E-state index contributed by atoms with van der Waals surface area (Å²) in [6, 6.07) is 0. The van der Waals surface area contributed by atoms with Gasteiger partial charge in [0.05, 0.1) is 26.4 Å². The first kappa shape index (κ1) is 93.1. The molecule has 0 heterocycles. The number of phosphoric acid groups is 2. The fourth-order valence-corrected chi connectivity index (χ4v) is 13.1. The molecule has 4 unspecified atom stereocenters. The van der Waals surface area contributed by atoms with Gasteiger partial charge in [-0.2, -0.15) is 0 Å². The third-order valence-electron chi connectivity index (χ3n) is 18.3. The second-order valence-electron chi connectivity index (χ2n) is 28.8. The van der Waals surface area contributed by atoms with Crippen molar-refractivity contribution in [1.82, 2.24) is 0 Å². The standard InChI is InChI=1S/C76H148O17P2/c1-9-68(7)54-46-38-30-24-19-17-15-13-11-12-14-16-18-20-25-31-40-48-56-73(78)86-62-71(93-76(81)59-51-43-33-27-29-37-45-53-67(5)6)64-90-94(82,83)88-60-70(77)61-89-95(84,85)91-65-72(63-87-74(79)57-49-41-35-34-39-47-55-69(8)10-2)92-75(80)58-50-42-32-26-22-21-23-28-36-44-52-66(3)4/h66-72,77H,9-65H2,1-8H3,(H,82,83)(H,84,85)/t68?,69?,70-,71-,72-/m1/s1. The lowest BCUT2D eigenvalue weighted by atomic mass is 9.99. The Labute approximate surface area is 581 Å². The summed E-state index contributed by atoms with van der Waals surface area (Å²) in [5.41, 5.74) is 0. The van der Waals surface area contributed by atoms with Crippen LogP contribution in [0.1, 0.15) is 383 Å². The fraction of sp³-hybridized carbons (Fsp3) is 0.947. The third-order valence-corrected chi connectivity index (χ3v) is 20.2. The van der Waals surface area contributed by atoms with Crippen molar-refractivity contribution < 1.29 is 80.2 Å². The van der Waals surface area contributed by atoms with Crippen LogP contribution in [0, 0.1) is 23.7 Å². The van der Waals surface area contributed by atoms with E-state index in [9.17, 15) is 43.2 Å². The SMILES string of the molecule is CCC(C)CCCCCCCCCCCCCCCCCCCCC(=O)OC[C@H](COP(=O)(O)OC[C@@H](O)COP(=O)(O)OC[C@@H](COC(=O)CCCCCCCCC(C)CC)OC(=O)CCCCCCCCCCCCC(C)C)OC(=O)CCCCCCCCCC(C)C. The number of hydrogen-bond donors (Lipinski definition) is 3. The molecule has 7 atom stereocenters. The molecule has 0 rings (SSSR count). The van der Waals surface area contributed by atoms with E-state index in [0.29, 0.717) is 31.6 Å². The summed E-state index contributed by atoms with van der Waals surface area (Å²) in [7, 11) is -9.91. The van der Waals surface area contributed by atoms with Gasteiger partial charge >= 0.3 is 39.5 Å². The molecule has 0 fully saturated rings. The van der Waals surface area contributed by atoms with Crippen molar-refractivity contribution in [3.63, 3.8) is 0 Å². The molecular weight excluding hydrogens is 1250 g/mol. The van der Waals surface area contributed by atoms with Gasteiger partial charge in [-0.1, -0.05) is 331 Å². The van der Waals surface area contributed by atoms with Crippen LogP contribution in [-0.2, 0) is 65.4 Å². The Balaban J connectivity index is 5.13. The van der Waals surface area contributed by atoms with Crippen molar-refractivity contribution in [2.75, 3.05) is 39.6 Å². The highest BCUT2D eigenvalue weighted by molar-refractivity contribution is 7.47. The summed E-state index contributed by atoms with van der Waals surface area (Å²) >= 11 is 0. The molecule has 95 heavy (non-hydrogen) atoms. The zero-order chi connectivity index (χ0) is 70.3. The molecule has 0 spiro atoms. The molecule has 0 aliphatic heterocycles. The Morgan fingerprint density at radius 3 is 0.747 bits per heavy atom. The van der Waals surface area contributed by atoms with Crippen LogP contribution in [0.3, 0.4) is 0 Å². The molecule has 0 aromatic rings. The zero-order valence-electron chi connectivity index (χ0n) is 62.3. The molecule has 17 nitrogen and oxygen atoms in total. The van der Waals surface area contributed by atoms with Gasteiger partial charge in [0.25, 0.3) is 0 Å². The highest BCUT2D eigenvalue weighted by atomic mass is 31.2. The van der Waals surface area contributed by atoms with Gasteiger partial charge in [0, 0.05) is 25.7 Å². The number of phosphoric ester groups is 2. The lowest BCUT2D eigenvalue weighted by Crippen LogP contribution is -2.30. The number of carbonyl (C=O) groups excluding carboxylic acids is 4. The lowest BCUT2D eigenvalue weighted by molar-refractivity contribution is -0.161. The maximum absolute atomic E-state index is 13.1. The predicted molar refractivity (Wildman–Crippen MR) is 386 cm³/mol. The van der Waals surface area contributed by atoms with Gasteiger partial charge in [0.15, 0.2) is 12.2 Å². The van der Waals surface area contributed by atoms with E-state index in [4.69, 9.17) is 37.0 Å². The number of hydrogen-bond acceptors (Lipinski definition) is 15. The Kier molecular flexibility index (Phi) is 64.0. The van der Waals surface area contributed by atoms with Gasteiger partial charge in [0.2, 0.25) is 0 Å². The number of unbranched alkanes of at least 4 members (excludes halogenated alkanes) is 37. The molecule has 3 N–H and O–H groups in total. The van der Waals surface area contributed by atoms with Crippen LogP contribution in [0.5, 0.6) is 0 Å². The number of ether oxygens (including phenoxy) is 4. The molecule has 0 amide bonds. The first-order valence-corrected chi connectivity index (χ1v) is 42.3. The summed E-state index contributed by atoms with van der Waals surface area (Å²) in [4.78, 5) is 72.7. The van der Waals surface area contributed by atoms with Crippen LogP contribution in [0.15, 0.2) is 0 Å². The molecule has 0 aliphatic rings. The second-order valence-corrected chi connectivity index (χ2v) is 31.7. The first-order chi connectivity index (χ1) is 45.7. The monoisotopic (exact) mass is 1400 g/mol. The van der Waals surface area contributed by atoms with Crippen molar-refractivity contribution in [2.24, 2.45) is 23.7 Å². The molecule has 0 aromatic carbocycles. The molecular formula is C76H148O17P2. The van der Waals surface area contributed by atoms with Gasteiger partial charge in [-0.05, 0) is 49.4 Å². The van der Waals surface area contributed by atoms with Gasteiger partial charge in [0.1, 0.15) is 19.3 Å². The number of aliphatic hydroxyl groups is 1. The molecule has 0 radical (unpaired) electrons. The van der Waals surface area contributed by atoms with E-state index in [2.05, 4.69) is 55.4 Å². The lowest BCUT2D eigenvalue weighted by Gasteiger charge is -2.21. The molecule has 19 heteroatoms. The Morgan fingerprint density at radius 2 is 0.505 bits per heavy atom. The van der Waals surface area contributed by atoms with Crippen LogP contribution in [0.2, 0.25) is 0 Å². The number of rotatable bonds is 73. The Morgan fingerprint density at radius 1 is 0.295 bits per heavy atom. The number of carbonyl (C=O) groups is 4. The average molecular weight is 1400 g/mol. The smallest absolute Gasteiger partial charge is 0.462 e. The van der Waals surface area contributed by atoms with E-state index in [0.717, 1.165) is 114 Å². The third kappa shape index (κ3) is 67.6. The Bertz CT molecular complexity index is 1870. The van der Waals surface area contributed by atoms with Crippen molar-refractivity contribution in [3.05, 3.63) is 0 Å².